The Hall–Kier alpha value is -2.90. The van der Waals surface area contributed by atoms with Gasteiger partial charge in [0.2, 0.25) is 11.8 Å². The minimum atomic E-state index is -0.628. The molecular formula is C23H27Cl2N5O2. The van der Waals surface area contributed by atoms with E-state index < -0.39 is 11.9 Å². The molecule has 0 spiro atoms. The van der Waals surface area contributed by atoms with E-state index in [0.29, 0.717) is 16.5 Å². The summed E-state index contributed by atoms with van der Waals surface area (Å²) < 4.78 is 0. The molecule has 0 radical (unpaired) electrons. The number of aryl methyl sites for hydroxylation is 2. The zero-order chi connectivity index (χ0) is 23.5. The van der Waals surface area contributed by atoms with Crippen molar-refractivity contribution in [3.63, 3.8) is 0 Å². The second-order valence-corrected chi connectivity index (χ2v) is 8.15. The van der Waals surface area contributed by atoms with Crippen LogP contribution >= 0.6 is 23.2 Å². The highest BCUT2D eigenvalue weighted by molar-refractivity contribution is 6.42. The van der Waals surface area contributed by atoms with Gasteiger partial charge in [-0.1, -0.05) is 29.3 Å². The second kappa shape index (κ2) is 12.8. The standard InChI is InChI=1S/C16H21N5O2.C7H6Cl2/c1-11(16(17)23)19-15(22)7-3-2-6-13-9-14(21-20-13)12-5-4-8-18-10-12;1-5-2-3-6(8)7(9)4-5/h4-5,8-11H,2-3,6-7H2,1H3,(H2,17,23)(H,19,22)(H,20,21);2-4H,1H3. The number of pyridine rings is 1. The highest BCUT2D eigenvalue weighted by Gasteiger charge is 2.11. The molecule has 1 unspecified atom stereocenters. The second-order valence-electron chi connectivity index (χ2n) is 7.34. The predicted molar refractivity (Wildman–Crippen MR) is 127 cm³/mol. The van der Waals surface area contributed by atoms with E-state index in [1.807, 2.05) is 37.3 Å². The summed E-state index contributed by atoms with van der Waals surface area (Å²) in [5.74, 6) is -0.685. The molecule has 32 heavy (non-hydrogen) atoms. The summed E-state index contributed by atoms with van der Waals surface area (Å²) in [6.07, 6.45) is 6.27. The quantitative estimate of drug-likeness (QED) is 0.416. The van der Waals surface area contributed by atoms with Crippen LogP contribution in [0.25, 0.3) is 11.3 Å². The van der Waals surface area contributed by atoms with E-state index in [9.17, 15) is 9.59 Å². The molecule has 7 nitrogen and oxygen atoms in total. The maximum absolute atomic E-state index is 11.6. The molecule has 0 bridgehead atoms. The average molecular weight is 476 g/mol. The Morgan fingerprint density at radius 2 is 1.94 bits per heavy atom. The molecule has 0 saturated carbocycles. The molecule has 3 aromatic rings. The zero-order valence-electron chi connectivity index (χ0n) is 18.1. The van der Waals surface area contributed by atoms with Gasteiger partial charge in [-0.2, -0.15) is 5.10 Å². The van der Waals surface area contributed by atoms with Crippen LogP contribution in [0.5, 0.6) is 0 Å². The van der Waals surface area contributed by atoms with Crippen molar-refractivity contribution >= 4 is 35.0 Å². The minimum Gasteiger partial charge on any atom is -0.368 e. The molecule has 0 aliphatic heterocycles. The number of aromatic amines is 1. The Bertz CT molecular complexity index is 1020. The predicted octanol–water partition coefficient (Wildman–Crippen LogP) is 4.48. The molecule has 0 fully saturated rings. The van der Waals surface area contributed by atoms with Crippen LogP contribution < -0.4 is 11.1 Å². The highest BCUT2D eigenvalue weighted by atomic mass is 35.5. The van der Waals surface area contributed by atoms with Gasteiger partial charge in [-0.05, 0) is 69.0 Å². The van der Waals surface area contributed by atoms with Crippen molar-refractivity contribution in [1.82, 2.24) is 20.5 Å². The van der Waals surface area contributed by atoms with Gasteiger partial charge in [0.1, 0.15) is 6.04 Å². The lowest BCUT2D eigenvalue weighted by Gasteiger charge is -2.09. The highest BCUT2D eigenvalue weighted by Crippen LogP contribution is 2.21. The van der Waals surface area contributed by atoms with Crippen LogP contribution in [0.2, 0.25) is 10.0 Å². The minimum absolute atomic E-state index is 0.156. The van der Waals surface area contributed by atoms with Crippen molar-refractivity contribution in [2.45, 2.75) is 45.6 Å². The number of hydrogen-bond donors (Lipinski definition) is 3. The van der Waals surface area contributed by atoms with Crippen LogP contribution in [-0.2, 0) is 16.0 Å². The summed E-state index contributed by atoms with van der Waals surface area (Å²) in [6, 6.07) is 10.7. The monoisotopic (exact) mass is 475 g/mol. The Kier molecular flexibility index (Phi) is 10.2. The van der Waals surface area contributed by atoms with Crippen molar-refractivity contribution in [3.8, 4) is 11.3 Å². The van der Waals surface area contributed by atoms with E-state index in [1.165, 1.54) is 0 Å². The van der Waals surface area contributed by atoms with Gasteiger partial charge in [0.25, 0.3) is 0 Å². The first-order valence-corrected chi connectivity index (χ1v) is 11.0. The number of benzene rings is 1. The topological polar surface area (TPSA) is 114 Å². The van der Waals surface area contributed by atoms with E-state index in [4.69, 9.17) is 28.9 Å². The summed E-state index contributed by atoms with van der Waals surface area (Å²) >= 11 is 11.3. The molecule has 0 saturated heterocycles. The third-order valence-corrected chi connectivity index (χ3v) is 5.31. The van der Waals surface area contributed by atoms with E-state index in [1.54, 1.807) is 25.4 Å². The first kappa shape index (κ1) is 25.4. The number of aromatic nitrogens is 3. The maximum atomic E-state index is 11.6. The summed E-state index contributed by atoms with van der Waals surface area (Å²) in [5.41, 5.74) is 9.08. The van der Waals surface area contributed by atoms with Crippen molar-refractivity contribution in [2.75, 3.05) is 0 Å². The molecule has 4 N–H and O–H groups in total. The number of halogens is 2. The van der Waals surface area contributed by atoms with Gasteiger partial charge in [0.05, 0.1) is 15.7 Å². The molecule has 2 amide bonds. The van der Waals surface area contributed by atoms with Gasteiger partial charge >= 0.3 is 0 Å². The Labute approximate surface area is 197 Å². The van der Waals surface area contributed by atoms with Gasteiger partial charge in [-0.3, -0.25) is 19.7 Å². The molecule has 1 atom stereocenters. The van der Waals surface area contributed by atoms with Crippen LogP contribution in [0, 0.1) is 6.92 Å². The van der Waals surface area contributed by atoms with E-state index in [0.717, 1.165) is 41.8 Å². The van der Waals surface area contributed by atoms with E-state index in [2.05, 4.69) is 20.5 Å². The van der Waals surface area contributed by atoms with Crippen LogP contribution in [0.15, 0.2) is 48.8 Å². The van der Waals surface area contributed by atoms with Gasteiger partial charge in [0, 0.05) is 30.1 Å². The molecule has 0 aliphatic rings. The number of nitrogens with one attached hydrogen (secondary N) is 2. The number of H-pyrrole nitrogens is 1. The number of amides is 2. The number of nitrogens with two attached hydrogens (primary N) is 1. The first-order chi connectivity index (χ1) is 15.3. The number of hydrogen-bond acceptors (Lipinski definition) is 4. The molecule has 3 rings (SSSR count). The molecule has 170 valence electrons. The molecule has 2 heterocycles. The van der Waals surface area contributed by atoms with Crippen LogP contribution in [0.3, 0.4) is 0 Å². The van der Waals surface area contributed by atoms with Crippen molar-refractivity contribution in [2.24, 2.45) is 5.73 Å². The number of rotatable bonds is 8. The van der Waals surface area contributed by atoms with Crippen LogP contribution in [0.1, 0.15) is 37.4 Å². The van der Waals surface area contributed by atoms with Crippen LogP contribution in [0.4, 0.5) is 0 Å². The summed E-state index contributed by atoms with van der Waals surface area (Å²) in [7, 11) is 0. The largest absolute Gasteiger partial charge is 0.368 e. The average Bonchev–Trinajstić information content (AvgIpc) is 3.24. The fourth-order valence-corrected chi connectivity index (χ4v) is 3.09. The zero-order valence-corrected chi connectivity index (χ0v) is 19.6. The van der Waals surface area contributed by atoms with Gasteiger partial charge in [-0.15, -0.1) is 0 Å². The third kappa shape index (κ3) is 8.69. The fraction of sp³-hybridized carbons (Fsp3) is 0.304. The fourth-order valence-electron chi connectivity index (χ4n) is 2.74. The molecule has 9 heteroatoms. The van der Waals surface area contributed by atoms with E-state index >= 15 is 0 Å². The third-order valence-electron chi connectivity index (χ3n) is 4.57. The SMILES string of the molecule is CC(NC(=O)CCCCc1cc(-c2cccnc2)n[nH]1)C(N)=O.Cc1ccc(Cl)c(Cl)c1. The number of unbranched alkanes of at least 4 members (excludes halogenated alkanes) is 1. The molecule has 1 aromatic carbocycles. The van der Waals surface area contributed by atoms with Crippen molar-refractivity contribution in [1.29, 1.82) is 0 Å². The van der Waals surface area contributed by atoms with Crippen molar-refractivity contribution < 1.29 is 9.59 Å². The lowest BCUT2D eigenvalue weighted by molar-refractivity contribution is -0.127. The smallest absolute Gasteiger partial charge is 0.239 e. The summed E-state index contributed by atoms with van der Waals surface area (Å²) in [4.78, 5) is 26.5. The lowest BCUT2D eigenvalue weighted by atomic mass is 10.1. The van der Waals surface area contributed by atoms with Gasteiger partial charge in [0.15, 0.2) is 0 Å². The maximum Gasteiger partial charge on any atom is 0.239 e. The van der Waals surface area contributed by atoms with Gasteiger partial charge in [-0.25, -0.2) is 0 Å². The molecule has 2 aromatic heterocycles. The Morgan fingerprint density at radius 3 is 2.56 bits per heavy atom. The number of primary amides is 1. The van der Waals surface area contributed by atoms with E-state index in [-0.39, 0.29) is 5.91 Å². The Morgan fingerprint density at radius 1 is 1.16 bits per heavy atom. The normalized spacial score (nSPS) is 11.2. The van der Waals surface area contributed by atoms with Crippen LogP contribution in [-0.4, -0.2) is 33.0 Å². The molecular weight excluding hydrogens is 449 g/mol. The summed E-state index contributed by atoms with van der Waals surface area (Å²) in [6.45, 7) is 3.55. The van der Waals surface area contributed by atoms with Crippen molar-refractivity contribution in [3.05, 3.63) is 70.1 Å². The lowest BCUT2D eigenvalue weighted by Crippen LogP contribution is -2.42. The number of carbonyl (C=O) groups excluding carboxylic acids is 2. The summed E-state index contributed by atoms with van der Waals surface area (Å²) in [5, 5.41) is 11.1. The van der Waals surface area contributed by atoms with Gasteiger partial charge < -0.3 is 11.1 Å². The first-order valence-electron chi connectivity index (χ1n) is 10.2. The number of carbonyl (C=O) groups is 2. The number of nitrogens with zero attached hydrogens (tertiary/aromatic N) is 2. The Balaban J connectivity index is 0.000000336. The molecule has 0 aliphatic carbocycles.